The Morgan fingerprint density at radius 2 is 2.14 bits per heavy atom. The van der Waals surface area contributed by atoms with E-state index in [9.17, 15) is 0 Å². The van der Waals surface area contributed by atoms with E-state index in [2.05, 4.69) is 32.8 Å². The third-order valence-electron chi connectivity index (χ3n) is 1.17. The largest absolute Gasteiger partial charge is 0.395 e. The van der Waals surface area contributed by atoms with Crippen molar-refractivity contribution in [1.29, 1.82) is 0 Å². The minimum absolute atomic E-state index is 0.0982. The highest BCUT2D eigenvalue weighted by Crippen LogP contribution is 2.04. The van der Waals surface area contributed by atoms with Crippen LogP contribution in [0.4, 0.5) is 0 Å². The van der Waals surface area contributed by atoms with E-state index in [0.717, 1.165) is 10.3 Å². The molecule has 3 heteroatoms. The normalized spacial score (nSPS) is 8.00. The number of nitrogens with zero attached hydrogens (tertiary/aromatic N) is 1. The molecule has 1 N–H and O–H groups in total. The molecule has 0 aliphatic heterocycles. The summed E-state index contributed by atoms with van der Waals surface area (Å²) >= 11 is 3.24. The number of hydrogen-bond acceptors (Lipinski definition) is 2. The fourth-order valence-electron chi connectivity index (χ4n) is 0.687. The maximum atomic E-state index is 8.47. The van der Waals surface area contributed by atoms with Crippen molar-refractivity contribution in [3.63, 3.8) is 0 Å². The maximum Gasteiger partial charge on any atom is 0.114 e. The summed E-state index contributed by atoms with van der Waals surface area (Å²) in [6.45, 7) is 4.10. The molecule has 0 unspecified atom stereocenters. The molecular formula is C11H14BrNO. The van der Waals surface area contributed by atoms with Crippen LogP contribution in [0.15, 0.2) is 22.8 Å². The van der Waals surface area contributed by atoms with E-state index >= 15 is 0 Å². The number of halogens is 1. The lowest BCUT2D eigenvalue weighted by atomic mass is 10.3. The van der Waals surface area contributed by atoms with Gasteiger partial charge in [-0.05, 0) is 34.0 Å². The molecule has 1 aromatic rings. The summed E-state index contributed by atoms with van der Waals surface area (Å²) in [5.41, 5.74) is 0.720. The van der Waals surface area contributed by atoms with Gasteiger partial charge in [-0.15, -0.1) is 0 Å². The van der Waals surface area contributed by atoms with E-state index in [1.807, 2.05) is 32.0 Å². The van der Waals surface area contributed by atoms with Crippen molar-refractivity contribution in [2.75, 3.05) is 6.61 Å². The summed E-state index contributed by atoms with van der Waals surface area (Å²) in [6, 6.07) is 5.55. The molecule has 0 saturated heterocycles. The van der Waals surface area contributed by atoms with Crippen LogP contribution in [0.2, 0.25) is 0 Å². The molecule has 1 heterocycles. The second-order valence-electron chi connectivity index (χ2n) is 2.12. The summed E-state index contributed by atoms with van der Waals surface area (Å²) in [6.07, 6.45) is 0.494. The standard InChI is InChI=1S/C9H8BrNO.C2H6/c10-9-6-3-5-8(11-9)4-1-2-7-12;1-2/h3,5-6,12H,2,7H2;1-2H3. The van der Waals surface area contributed by atoms with Crippen LogP contribution < -0.4 is 0 Å². The van der Waals surface area contributed by atoms with Crippen LogP contribution in [0.3, 0.4) is 0 Å². The van der Waals surface area contributed by atoms with Gasteiger partial charge in [0.25, 0.3) is 0 Å². The molecule has 76 valence electrons. The summed E-state index contributed by atoms with van der Waals surface area (Å²) in [5, 5.41) is 8.47. The van der Waals surface area contributed by atoms with Gasteiger partial charge in [0, 0.05) is 6.42 Å². The molecule has 0 radical (unpaired) electrons. The molecule has 1 aromatic heterocycles. The lowest BCUT2D eigenvalue weighted by Crippen LogP contribution is -1.82. The maximum absolute atomic E-state index is 8.47. The molecule has 0 aliphatic carbocycles. The van der Waals surface area contributed by atoms with Crippen molar-refractivity contribution < 1.29 is 5.11 Å². The van der Waals surface area contributed by atoms with Crippen molar-refractivity contribution in [2.45, 2.75) is 20.3 Å². The molecule has 0 bridgehead atoms. The zero-order valence-corrected chi connectivity index (χ0v) is 10.0. The fraction of sp³-hybridized carbons (Fsp3) is 0.364. The van der Waals surface area contributed by atoms with Gasteiger partial charge >= 0.3 is 0 Å². The Labute approximate surface area is 93.5 Å². The first-order valence-corrected chi connectivity index (χ1v) is 5.34. The quantitative estimate of drug-likeness (QED) is 0.619. The summed E-state index contributed by atoms with van der Waals surface area (Å²) in [7, 11) is 0. The van der Waals surface area contributed by atoms with Gasteiger partial charge in [-0.1, -0.05) is 25.8 Å². The van der Waals surface area contributed by atoms with Crippen LogP contribution in [-0.4, -0.2) is 16.7 Å². The lowest BCUT2D eigenvalue weighted by Gasteiger charge is -1.89. The summed E-state index contributed by atoms with van der Waals surface area (Å²) in [4.78, 5) is 4.11. The van der Waals surface area contributed by atoms with Crippen molar-refractivity contribution in [2.24, 2.45) is 0 Å². The van der Waals surface area contributed by atoms with Gasteiger partial charge in [0.2, 0.25) is 0 Å². The molecule has 2 nitrogen and oxygen atoms in total. The second kappa shape index (κ2) is 8.74. The highest BCUT2D eigenvalue weighted by atomic mass is 79.9. The van der Waals surface area contributed by atoms with E-state index in [-0.39, 0.29) is 6.61 Å². The van der Waals surface area contributed by atoms with Crippen LogP contribution in [0.1, 0.15) is 26.0 Å². The first-order chi connectivity index (χ1) is 6.83. The van der Waals surface area contributed by atoms with Gasteiger partial charge in [-0.3, -0.25) is 0 Å². The predicted molar refractivity (Wildman–Crippen MR) is 61.9 cm³/mol. The van der Waals surface area contributed by atoms with Gasteiger partial charge in [0.15, 0.2) is 0 Å². The number of aliphatic hydroxyl groups excluding tert-OH is 1. The average molecular weight is 256 g/mol. The Morgan fingerprint density at radius 1 is 1.43 bits per heavy atom. The highest BCUT2D eigenvalue weighted by Gasteiger charge is 1.88. The highest BCUT2D eigenvalue weighted by molar-refractivity contribution is 9.10. The first-order valence-electron chi connectivity index (χ1n) is 4.55. The van der Waals surface area contributed by atoms with Gasteiger partial charge in [-0.2, -0.15) is 0 Å². The summed E-state index contributed by atoms with van der Waals surface area (Å²) < 4.78 is 0.776. The predicted octanol–water partition coefficient (Wildman–Crippen LogP) is 2.60. The topological polar surface area (TPSA) is 33.1 Å². The van der Waals surface area contributed by atoms with Crippen LogP contribution in [0.5, 0.6) is 0 Å². The Bertz CT molecular complexity index is 315. The SMILES string of the molecule is CC.OCCC#Cc1cccc(Br)n1. The monoisotopic (exact) mass is 255 g/mol. The molecule has 0 amide bonds. The van der Waals surface area contributed by atoms with Crippen molar-refractivity contribution in [3.8, 4) is 11.8 Å². The second-order valence-corrected chi connectivity index (χ2v) is 2.93. The Balaban J connectivity index is 0.000000791. The van der Waals surface area contributed by atoms with Crippen molar-refractivity contribution in [1.82, 2.24) is 4.98 Å². The average Bonchev–Trinajstić information content (AvgIpc) is 2.21. The first kappa shape index (κ1) is 13.2. The molecule has 1 rings (SSSR count). The van der Waals surface area contributed by atoms with Crippen LogP contribution in [0.25, 0.3) is 0 Å². The van der Waals surface area contributed by atoms with Crippen molar-refractivity contribution >= 4 is 15.9 Å². The molecule has 14 heavy (non-hydrogen) atoms. The van der Waals surface area contributed by atoms with E-state index in [1.54, 1.807) is 0 Å². The Morgan fingerprint density at radius 3 is 2.71 bits per heavy atom. The fourth-order valence-corrected chi connectivity index (χ4v) is 1.03. The zero-order valence-electron chi connectivity index (χ0n) is 8.42. The molecule has 0 fully saturated rings. The van der Waals surface area contributed by atoms with E-state index in [4.69, 9.17) is 5.11 Å². The molecular weight excluding hydrogens is 242 g/mol. The van der Waals surface area contributed by atoms with Gasteiger partial charge in [0.1, 0.15) is 10.3 Å². The van der Waals surface area contributed by atoms with Crippen LogP contribution >= 0.6 is 15.9 Å². The third-order valence-corrected chi connectivity index (χ3v) is 1.61. The molecule has 0 saturated carbocycles. The van der Waals surface area contributed by atoms with E-state index in [0.29, 0.717) is 6.42 Å². The number of rotatable bonds is 1. The van der Waals surface area contributed by atoms with E-state index < -0.39 is 0 Å². The smallest absolute Gasteiger partial charge is 0.114 e. The summed E-state index contributed by atoms with van der Waals surface area (Å²) in [5.74, 6) is 5.63. The van der Waals surface area contributed by atoms with Gasteiger partial charge in [-0.25, -0.2) is 4.98 Å². The number of aliphatic hydroxyl groups is 1. The number of hydrogen-bond donors (Lipinski definition) is 1. The number of pyridine rings is 1. The van der Waals surface area contributed by atoms with Crippen LogP contribution in [-0.2, 0) is 0 Å². The third kappa shape index (κ3) is 5.74. The van der Waals surface area contributed by atoms with Crippen molar-refractivity contribution in [3.05, 3.63) is 28.5 Å². The van der Waals surface area contributed by atoms with E-state index in [1.165, 1.54) is 0 Å². The van der Waals surface area contributed by atoms with Gasteiger partial charge in [0.05, 0.1) is 6.61 Å². The molecule has 0 aliphatic rings. The molecule has 0 atom stereocenters. The minimum atomic E-state index is 0.0982. The Kier molecular flexibility index (Phi) is 8.20. The molecule has 0 aromatic carbocycles. The van der Waals surface area contributed by atoms with Crippen LogP contribution in [0, 0.1) is 11.8 Å². The van der Waals surface area contributed by atoms with Gasteiger partial charge < -0.3 is 5.11 Å². The number of aromatic nitrogens is 1. The molecule has 0 spiro atoms. The lowest BCUT2D eigenvalue weighted by molar-refractivity contribution is 0.305. The zero-order chi connectivity index (χ0) is 10.8. The minimum Gasteiger partial charge on any atom is -0.395 e. The Hall–Kier alpha value is -0.850.